The summed E-state index contributed by atoms with van der Waals surface area (Å²) >= 11 is 2.34. The number of nitrogens with zero attached hydrogens (tertiary/aromatic N) is 2. The number of anilines is 2. The molecule has 1 aromatic heterocycles. The van der Waals surface area contributed by atoms with E-state index in [1.807, 2.05) is 0 Å². The van der Waals surface area contributed by atoms with E-state index in [-0.39, 0.29) is 5.82 Å². The largest absolute Gasteiger partial charge is 0.445 e. The third kappa shape index (κ3) is 5.26. The van der Waals surface area contributed by atoms with E-state index in [9.17, 15) is 13.6 Å². The predicted molar refractivity (Wildman–Crippen MR) is 114 cm³/mol. The molecule has 1 saturated carbocycles. The number of hydrogen-bond acceptors (Lipinski definition) is 6. The van der Waals surface area contributed by atoms with Crippen molar-refractivity contribution in [3.63, 3.8) is 0 Å². The lowest BCUT2D eigenvalue weighted by molar-refractivity contribution is 0.258. The molecule has 30 heavy (non-hydrogen) atoms. The van der Waals surface area contributed by atoms with Crippen LogP contribution in [0.25, 0.3) is 0 Å². The fourth-order valence-electron chi connectivity index (χ4n) is 2.43. The van der Waals surface area contributed by atoms with Gasteiger partial charge >= 0.3 is 6.03 Å². The number of rotatable bonds is 7. The van der Waals surface area contributed by atoms with Crippen LogP contribution in [0.1, 0.15) is 12.8 Å². The summed E-state index contributed by atoms with van der Waals surface area (Å²) in [5.74, 6) is -0.411. The molecule has 0 atom stereocenters. The monoisotopic (exact) mass is 448 g/mol. The van der Waals surface area contributed by atoms with Crippen molar-refractivity contribution in [2.45, 2.75) is 23.8 Å². The number of amides is 2. The third-order valence-corrected chi connectivity index (χ3v) is 6.01. The molecule has 0 unspecified atom stereocenters. The number of carbonyl (C=O) groups excluding carboxylic acids is 1. The molecule has 1 heterocycles. The second-order valence-corrected chi connectivity index (χ2v) is 8.51. The summed E-state index contributed by atoms with van der Waals surface area (Å²) in [6, 6.07) is 10.2. The number of hydrogen-bond donors (Lipinski definition) is 2. The Morgan fingerprint density at radius 1 is 1.27 bits per heavy atom. The number of halogens is 2. The van der Waals surface area contributed by atoms with Crippen molar-refractivity contribution in [2.75, 3.05) is 17.3 Å². The number of urea groups is 1. The van der Waals surface area contributed by atoms with E-state index in [1.165, 1.54) is 47.3 Å². The highest BCUT2D eigenvalue weighted by Crippen LogP contribution is 2.32. The minimum Gasteiger partial charge on any atom is -0.445 e. The minimum atomic E-state index is -0.431. The Labute approximate surface area is 180 Å². The number of carbonyl (C=O) groups is 1. The lowest BCUT2D eigenvalue weighted by Crippen LogP contribution is -2.31. The van der Waals surface area contributed by atoms with Gasteiger partial charge in [-0.2, -0.15) is 0 Å². The van der Waals surface area contributed by atoms with Gasteiger partial charge in [-0.05, 0) is 55.1 Å². The van der Waals surface area contributed by atoms with Gasteiger partial charge in [0.05, 0.1) is 11.1 Å². The van der Waals surface area contributed by atoms with Gasteiger partial charge in [0.25, 0.3) is 0 Å². The van der Waals surface area contributed by atoms with Crippen molar-refractivity contribution in [1.82, 2.24) is 9.71 Å². The zero-order chi connectivity index (χ0) is 21.1. The van der Waals surface area contributed by atoms with E-state index in [0.717, 1.165) is 24.2 Å². The van der Waals surface area contributed by atoms with Gasteiger partial charge < -0.3 is 4.74 Å². The van der Waals surface area contributed by atoms with Crippen molar-refractivity contribution in [2.24, 2.45) is 0 Å². The minimum absolute atomic E-state index is 0.324. The molecule has 2 N–H and O–H groups in total. The van der Waals surface area contributed by atoms with Crippen LogP contribution in [0.2, 0.25) is 0 Å². The summed E-state index contributed by atoms with van der Waals surface area (Å²) in [6.07, 6.45) is 3.63. The number of thiazole rings is 1. The van der Waals surface area contributed by atoms with Gasteiger partial charge in [-0.3, -0.25) is 14.9 Å². The molecule has 0 saturated heterocycles. The second-order valence-electron chi connectivity index (χ2n) is 6.64. The van der Waals surface area contributed by atoms with E-state index < -0.39 is 11.8 Å². The molecule has 0 bridgehead atoms. The highest BCUT2D eigenvalue weighted by atomic mass is 32.2. The number of ether oxygens (including phenoxy) is 1. The fraction of sp³-hybridized carbons (Fsp3) is 0.200. The molecule has 0 spiro atoms. The molecule has 1 aliphatic rings. The van der Waals surface area contributed by atoms with Crippen LogP contribution in [-0.4, -0.2) is 24.1 Å². The standard InChI is InChI=1S/C20H18F2N4O2S2/c1-26(14-7-8-16(22)17(10-14)30-25-13-5-6-13)20(27)24-19-23-11-18(29-19)28-15-4-2-3-12(21)9-15/h2-4,7-11,13,25H,5-6H2,1H3,(H,23,24,27). The maximum atomic E-state index is 14.0. The topological polar surface area (TPSA) is 66.5 Å². The van der Waals surface area contributed by atoms with Crippen LogP contribution in [0.4, 0.5) is 24.4 Å². The second kappa shape index (κ2) is 8.99. The quantitative estimate of drug-likeness (QED) is 0.458. The van der Waals surface area contributed by atoms with Crippen molar-refractivity contribution in [3.05, 3.63) is 60.3 Å². The van der Waals surface area contributed by atoms with Gasteiger partial charge in [-0.1, -0.05) is 17.4 Å². The first-order valence-electron chi connectivity index (χ1n) is 9.14. The average molecular weight is 449 g/mol. The lowest BCUT2D eigenvalue weighted by Gasteiger charge is -2.18. The molecule has 156 valence electrons. The smallest absolute Gasteiger partial charge is 0.327 e. The van der Waals surface area contributed by atoms with Crippen LogP contribution in [0, 0.1) is 11.6 Å². The van der Waals surface area contributed by atoms with Crippen LogP contribution in [0.5, 0.6) is 10.8 Å². The molecular weight excluding hydrogens is 430 g/mol. The lowest BCUT2D eigenvalue weighted by atomic mass is 10.3. The summed E-state index contributed by atoms with van der Waals surface area (Å²) in [5.41, 5.74) is 0.543. The van der Waals surface area contributed by atoms with Crippen LogP contribution >= 0.6 is 23.3 Å². The van der Waals surface area contributed by atoms with Crippen LogP contribution < -0.4 is 19.7 Å². The molecule has 2 amide bonds. The van der Waals surface area contributed by atoms with Crippen molar-refractivity contribution in [3.8, 4) is 10.8 Å². The van der Waals surface area contributed by atoms with E-state index in [2.05, 4.69) is 15.0 Å². The van der Waals surface area contributed by atoms with Gasteiger partial charge in [0.2, 0.25) is 5.06 Å². The van der Waals surface area contributed by atoms with Gasteiger partial charge in [-0.15, -0.1) is 0 Å². The third-order valence-electron chi connectivity index (χ3n) is 4.23. The Kier molecular flexibility index (Phi) is 6.16. The van der Waals surface area contributed by atoms with Gasteiger partial charge in [0.15, 0.2) is 5.13 Å². The molecule has 0 aliphatic heterocycles. The normalized spacial score (nSPS) is 13.2. The van der Waals surface area contributed by atoms with E-state index in [0.29, 0.717) is 32.6 Å². The summed E-state index contributed by atoms with van der Waals surface area (Å²) in [5, 5.41) is 3.41. The van der Waals surface area contributed by atoms with Crippen LogP contribution in [-0.2, 0) is 0 Å². The summed E-state index contributed by atoms with van der Waals surface area (Å²) < 4.78 is 36.0. The summed E-state index contributed by atoms with van der Waals surface area (Å²) in [6.45, 7) is 0. The molecule has 0 radical (unpaired) electrons. The number of nitrogens with one attached hydrogen (secondary N) is 2. The molecule has 6 nitrogen and oxygen atoms in total. The Morgan fingerprint density at radius 2 is 2.10 bits per heavy atom. The SMILES string of the molecule is CN(C(=O)Nc1ncc(Oc2cccc(F)c2)s1)c1ccc(F)c(SNC2CC2)c1. The van der Waals surface area contributed by atoms with Crippen molar-refractivity contribution in [1.29, 1.82) is 0 Å². The Balaban J connectivity index is 1.38. The molecule has 2 aromatic carbocycles. The fourth-order valence-corrected chi connectivity index (χ4v) is 3.98. The molecule has 4 rings (SSSR count). The Morgan fingerprint density at radius 3 is 2.87 bits per heavy atom. The van der Waals surface area contributed by atoms with Gasteiger partial charge in [0, 0.05) is 24.8 Å². The van der Waals surface area contributed by atoms with E-state index in [4.69, 9.17) is 4.74 Å². The summed E-state index contributed by atoms with van der Waals surface area (Å²) in [4.78, 5) is 18.5. The Bertz CT molecular complexity index is 1060. The van der Waals surface area contributed by atoms with Crippen LogP contribution in [0.15, 0.2) is 53.6 Å². The number of aromatic nitrogens is 1. The zero-order valence-electron chi connectivity index (χ0n) is 15.9. The first kappa shape index (κ1) is 20.6. The number of benzene rings is 2. The highest BCUT2D eigenvalue weighted by molar-refractivity contribution is 7.97. The van der Waals surface area contributed by atoms with E-state index >= 15 is 0 Å². The zero-order valence-corrected chi connectivity index (χ0v) is 17.5. The molecular formula is C20H18F2N4O2S2. The van der Waals surface area contributed by atoms with Crippen LogP contribution in [0.3, 0.4) is 0 Å². The van der Waals surface area contributed by atoms with Crippen molar-refractivity contribution >= 4 is 40.1 Å². The predicted octanol–water partition coefficient (Wildman–Crippen LogP) is 5.64. The molecule has 3 aromatic rings. The molecule has 1 aliphatic carbocycles. The molecule has 1 fully saturated rings. The summed E-state index contributed by atoms with van der Waals surface area (Å²) in [7, 11) is 1.59. The first-order valence-corrected chi connectivity index (χ1v) is 10.8. The van der Waals surface area contributed by atoms with Gasteiger partial charge in [-0.25, -0.2) is 18.6 Å². The average Bonchev–Trinajstić information content (AvgIpc) is 3.46. The maximum absolute atomic E-state index is 14.0. The first-order chi connectivity index (χ1) is 14.5. The van der Waals surface area contributed by atoms with Crippen molar-refractivity contribution < 1.29 is 18.3 Å². The molecule has 10 heteroatoms. The van der Waals surface area contributed by atoms with E-state index in [1.54, 1.807) is 25.2 Å². The van der Waals surface area contributed by atoms with Gasteiger partial charge in [0.1, 0.15) is 17.4 Å². The Hall–Kier alpha value is -2.69. The maximum Gasteiger partial charge on any atom is 0.327 e. The highest BCUT2D eigenvalue weighted by Gasteiger charge is 2.22.